The number of imide groups is 2. The molecule has 4 amide bonds. The van der Waals surface area contributed by atoms with Crippen LogP contribution in [0.4, 0.5) is 10.5 Å². The zero-order valence-electron chi connectivity index (χ0n) is 16.1. The first-order valence-corrected chi connectivity index (χ1v) is 9.92. The van der Waals surface area contributed by atoms with E-state index in [-0.39, 0.29) is 5.57 Å². The van der Waals surface area contributed by atoms with Crippen molar-refractivity contribution in [2.75, 3.05) is 18.6 Å². The van der Waals surface area contributed by atoms with Crippen LogP contribution in [-0.2, 0) is 9.59 Å². The minimum Gasteiger partial charge on any atom is -0.492 e. The van der Waals surface area contributed by atoms with Gasteiger partial charge in [0.25, 0.3) is 11.8 Å². The summed E-state index contributed by atoms with van der Waals surface area (Å²) in [6, 6.07) is 9.61. The van der Waals surface area contributed by atoms with Crippen molar-refractivity contribution in [3.05, 3.63) is 56.7 Å². The SMILES string of the molecule is CCOc1cc(/C=C2\C(=O)NC(=O)N(c3cccc(C)c3)C2=O)cc(I)c1OC. The number of amides is 4. The van der Waals surface area contributed by atoms with Crippen LogP contribution in [0, 0.1) is 10.5 Å². The van der Waals surface area contributed by atoms with Crippen LogP contribution in [0.15, 0.2) is 42.0 Å². The fraction of sp³-hybridized carbons (Fsp3) is 0.190. The number of carbonyl (C=O) groups excluding carboxylic acids is 3. The fourth-order valence-corrected chi connectivity index (χ4v) is 3.80. The Kier molecular flexibility index (Phi) is 6.21. The van der Waals surface area contributed by atoms with Gasteiger partial charge in [0.15, 0.2) is 11.5 Å². The summed E-state index contributed by atoms with van der Waals surface area (Å²) in [6.07, 6.45) is 1.44. The fourth-order valence-electron chi connectivity index (χ4n) is 2.96. The van der Waals surface area contributed by atoms with Crippen LogP contribution in [0.5, 0.6) is 11.5 Å². The molecule has 0 spiro atoms. The molecule has 0 bridgehead atoms. The maximum atomic E-state index is 13.0. The molecule has 0 radical (unpaired) electrons. The zero-order valence-corrected chi connectivity index (χ0v) is 18.3. The highest BCUT2D eigenvalue weighted by Crippen LogP contribution is 2.35. The van der Waals surface area contributed by atoms with Gasteiger partial charge in [-0.3, -0.25) is 14.9 Å². The number of hydrogen-bond acceptors (Lipinski definition) is 5. The Morgan fingerprint density at radius 3 is 2.59 bits per heavy atom. The first kappa shape index (κ1) is 20.8. The molecule has 1 aliphatic heterocycles. The topological polar surface area (TPSA) is 84.9 Å². The van der Waals surface area contributed by atoms with E-state index in [1.54, 1.807) is 37.4 Å². The summed E-state index contributed by atoms with van der Waals surface area (Å²) in [6.45, 7) is 4.13. The number of urea groups is 1. The minimum atomic E-state index is -0.776. The van der Waals surface area contributed by atoms with E-state index in [1.807, 2.05) is 19.9 Å². The van der Waals surface area contributed by atoms with Gasteiger partial charge in [0.05, 0.1) is 23.0 Å². The van der Waals surface area contributed by atoms with Gasteiger partial charge in [-0.1, -0.05) is 12.1 Å². The van der Waals surface area contributed by atoms with E-state index < -0.39 is 17.8 Å². The molecule has 2 aromatic rings. The predicted molar refractivity (Wildman–Crippen MR) is 117 cm³/mol. The Labute approximate surface area is 181 Å². The highest BCUT2D eigenvalue weighted by atomic mass is 127. The van der Waals surface area contributed by atoms with Gasteiger partial charge < -0.3 is 9.47 Å². The second-order valence-corrected chi connectivity index (χ2v) is 7.43. The van der Waals surface area contributed by atoms with Crippen LogP contribution in [-0.4, -0.2) is 31.6 Å². The number of carbonyl (C=O) groups is 3. The van der Waals surface area contributed by atoms with Gasteiger partial charge >= 0.3 is 6.03 Å². The lowest BCUT2D eigenvalue weighted by Gasteiger charge is -2.26. The summed E-state index contributed by atoms with van der Waals surface area (Å²) in [5.74, 6) is -0.351. The number of barbiturate groups is 1. The lowest BCUT2D eigenvalue weighted by Crippen LogP contribution is -2.54. The number of ether oxygens (including phenoxy) is 2. The molecule has 1 aliphatic rings. The van der Waals surface area contributed by atoms with E-state index >= 15 is 0 Å². The van der Waals surface area contributed by atoms with E-state index in [9.17, 15) is 14.4 Å². The number of rotatable bonds is 5. The molecule has 1 saturated heterocycles. The third-order valence-electron chi connectivity index (χ3n) is 4.21. The third-order valence-corrected chi connectivity index (χ3v) is 5.01. The summed E-state index contributed by atoms with van der Waals surface area (Å²) in [5, 5.41) is 2.23. The Balaban J connectivity index is 2.05. The highest BCUT2D eigenvalue weighted by molar-refractivity contribution is 14.1. The highest BCUT2D eigenvalue weighted by Gasteiger charge is 2.36. The summed E-state index contributed by atoms with van der Waals surface area (Å²) >= 11 is 2.09. The quantitative estimate of drug-likeness (QED) is 0.380. The van der Waals surface area contributed by atoms with Crippen LogP contribution in [0.3, 0.4) is 0 Å². The Bertz CT molecular complexity index is 1030. The van der Waals surface area contributed by atoms with Gasteiger partial charge in [0, 0.05) is 0 Å². The average Bonchev–Trinajstić information content (AvgIpc) is 2.65. The third kappa shape index (κ3) is 4.26. The number of nitrogens with zero attached hydrogens (tertiary/aromatic N) is 1. The van der Waals surface area contributed by atoms with Crippen LogP contribution < -0.4 is 19.7 Å². The number of nitrogens with one attached hydrogen (secondary N) is 1. The van der Waals surface area contributed by atoms with Crippen molar-refractivity contribution in [3.8, 4) is 11.5 Å². The summed E-state index contributed by atoms with van der Waals surface area (Å²) in [4.78, 5) is 38.6. The smallest absolute Gasteiger partial charge is 0.335 e. The molecule has 0 unspecified atom stereocenters. The number of halogens is 1. The zero-order chi connectivity index (χ0) is 21.1. The maximum Gasteiger partial charge on any atom is 0.335 e. The summed E-state index contributed by atoms with van der Waals surface area (Å²) < 4.78 is 11.7. The molecule has 150 valence electrons. The molecule has 1 N–H and O–H groups in total. The molecule has 0 aliphatic carbocycles. The lowest BCUT2D eigenvalue weighted by atomic mass is 10.1. The number of hydrogen-bond donors (Lipinski definition) is 1. The van der Waals surface area contributed by atoms with Crippen molar-refractivity contribution in [3.63, 3.8) is 0 Å². The second-order valence-electron chi connectivity index (χ2n) is 6.26. The maximum absolute atomic E-state index is 13.0. The molecule has 7 nitrogen and oxygen atoms in total. The molecule has 0 saturated carbocycles. The van der Waals surface area contributed by atoms with Crippen LogP contribution in [0.1, 0.15) is 18.1 Å². The molecule has 0 aromatic heterocycles. The molecule has 3 rings (SSSR count). The molecular formula is C21H19IN2O5. The van der Waals surface area contributed by atoms with Crippen molar-refractivity contribution in [1.29, 1.82) is 0 Å². The standard InChI is InChI=1S/C21H19IN2O5/c1-4-29-17-11-13(10-16(22)18(17)28-3)9-15-19(25)23-21(27)24(20(15)26)14-7-5-6-12(2)8-14/h5-11H,4H2,1-3H3,(H,23,25,27)/b15-9+. The summed E-state index contributed by atoms with van der Waals surface area (Å²) in [7, 11) is 1.54. The van der Waals surface area contributed by atoms with E-state index in [1.165, 1.54) is 6.08 Å². The number of aryl methyl sites for hydroxylation is 1. The van der Waals surface area contributed by atoms with Crippen LogP contribution in [0.2, 0.25) is 0 Å². The Morgan fingerprint density at radius 2 is 1.93 bits per heavy atom. The van der Waals surface area contributed by atoms with Crippen molar-refractivity contribution >= 4 is 52.2 Å². The van der Waals surface area contributed by atoms with Gasteiger partial charge in [-0.15, -0.1) is 0 Å². The molecule has 29 heavy (non-hydrogen) atoms. The first-order valence-electron chi connectivity index (χ1n) is 8.84. The van der Waals surface area contributed by atoms with Crippen molar-refractivity contribution in [2.45, 2.75) is 13.8 Å². The lowest BCUT2D eigenvalue weighted by molar-refractivity contribution is -0.122. The van der Waals surface area contributed by atoms with Gasteiger partial charge in [-0.05, 0) is 77.9 Å². The average molecular weight is 506 g/mol. The van der Waals surface area contributed by atoms with E-state index in [4.69, 9.17) is 9.47 Å². The number of benzene rings is 2. The monoisotopic (exact) mass is 506 g/mol. The number of methoxy groups -OCH3 is 1. The van der Waals surface area contributed by atoms with Gasteiger partial charge in [0.2, 0.25) is 0 Å². The van der Waals surface area contributed by atoms with Gasteiger partial charge in [-0.25, -0.2) is 9.69 Å². The van der Waals surface area contributed by atoms with Crippen molar-refractivity contribution in [2.24, 2.45) is 0 Å². The van der Waals surface area contributed by atoms with Crippen LogP contribution >= 0.6 is 22.6 Å². The Morgan fingerprint density at radius 1 is 1.17 bits per heavy atom. The van der Waals surface area contributed by atoms with E-state index in [0.29, 0.717) is 29.4 Å². The largest absolute Gasteiger partial charge is 0.492 e. The van der Waals surface area contributed by atoms with E-state index in [2.05, 4.69) is 27.9 Å². The van der Waals surface area contributed by atoms with Gasteiger partial charge in [0.1, 0.15) is 5.57 Å². The second kappa shape index (κ2) is 8.64. The van der Waals surface area contributed by atoms with E-state index in [0.717, 1.165) is 14.0 Å². The molecule has 1 fully saturated rings. The molecule has 8 heteroatoms. The Hall–Kier alpha value is -2.88. The first-order chi connectivity index (χ1) is 13.8. The van der Waals surface area contributed by atoms with Crippen molar-refractivity contribution in [1.82, 2.24) is 5.32 Å². The molecule has 2 aromatic carbocycles. The minimum absolute atomic E-state index is 0.144. The molecule has 1 heterocycles. The normalized spacial score (nSPS) is 15.5. The molecule has 0 atom stereocenters. The molecular weight excluding hydrogens is 487 g/mol. The summed E-state index contributed by atoms with van der Waals surface area (Å²) in [5.41, 5.74) is 1.71. The number of anilines is 1. The van der Waals surface area contributed by atoms with Crippen LogP contribution in [0.25, 0.3) is 6.08 Å². The van der Waals surface area contributed by atoms with Gasteiger partial charge in [-0.2, -0.15) is 0 Å². The van der Waals surface area contributed by atoms with Crippen molar-refractivity contribution < 1.29 is 23.9 Å². The predicted octanol–water partition coefficient (Wildman–Crippen LogP) is 3.67.